The van der Waals surface area contributed by atoms with E-state index in [4.69, 9.17) is 12.2 Å². The number of hydrogen-bond donors (Lipinski definition) is 1. The lowest BCUT2D eigenvalue weighted by molar-refractivity contribution is 0.509. The van der Waals surface area contributed by atoms with Crippen LogP contribution in [0.1, 0.15) is 19.9 Å². The number of halogens is 2. The number of aromatic nitrogens is 2. The highest BCUT2D eigenvalue weighted by Crippen LogP contribution is 2.23. The Hall–Kier alpha value is -0.880. The highest BCUT2D eigenvalue weighted by molar-refractivity contribution is 7.99. The average molecular weight is 288 g/mol. The molecule has 1 atom stereocenters. The molecule has 6 heteroatoms. The van der Waals surface area contributed by atoms with E-state index in [1.54, 1.807) is 11.8 Å². The minimum Gasteiger partial charge on any atom is -0.330 e. The number of fused-ring (bicyclic) bond motifs is 1. The molecule has 1 aromatic heterocycles. The fourth-order valence-electron chi connectivity index (χ4n) is 1.92. The van der Waals surface area contributed by atoms with Crippen LogP contribution < -0.4 is 0 Å². The zero-order chi connectivity index (χ0) is 13.3. The van der Waals surface area contributed by atoms with Crippen LogP contribution in [0.4, 0.5) is 8.78 Å². The maximum Gasteiger partial charge on any atom is 0.178 e. The molecule has 0 fully saturated rings. The molecule has 0 spiro atoms. The second-order valence-corrected chi connectivity index (χ2v) is 5.80. The van der Waals surface area contributed by atoms with Crippen molar-refractivity contribution in [2.45, 2.75) is 19.9 Å². The highest BCUT2D eigenvalue weighted by atomic mass is 32.2. The van der Waals surface area contributed by atoms with E-state index in [0.29, 0.717) is 15.8 Å². The predicted octanol–water partition coefficient (Wildman–Crippen LogP) is 4.29. The molecule has 0 aliphatic heterocycles. The molecule has 2 nitrogen and oxygen atoms in total. The Balaban J connectivity index is 2.53. The van der Waals surface area contributed by atoms with E-state index in [2.05, 4.69) is 11.9 Å². The summed E-state index contributed by atoms with van der Waals surface area (Å²) in [4.78, 5) is 2.91. The number of thioether (sulfide) groups is 1. The normalized spacial score (nSPS) is 13.1. The van der Waals surface area contributed by atoms with Gasteiger partial charge in [-0.1, -0.05) is 6.92 Å². The molecule has 0 radical (unpaired) electrons. The summed E-state index contributed by atoms with van der Waals surface area (Å²) in [5, 5.41) is 0. The van der Waals surface area contributed by atoms with E-state index < -0.39 is 11.6 Å². The third-order valence-corrected chi connectivity index (χ3v) is 4.19. The molecule has 1 aromatic carbocycles. The number of benzene rings is 1. The number of imidazole rings is 1. The first kappa shape index (κ1) is 13.5. The summed E-state index contributed by atoms with van der Waals surface area (Å²) in [5.41, 5.74) is 1.15. The monoisotopic (exact) mass is 288 g/mol. The Morgan fingerprint density at radius 1 is 1.39 bits per heavy atom. The maximum absolute atomic E-state index is 13.3. The molecule has 0 saturated heterocycles. The fraction of sp³-hybridized carbons (Fsp3) is 0.417. The summed E-state index contributed by atoms with van der Waals surface area (Å²) in [7, 11) is 0. The van der Waals surface area contributed by atoms with Gasteiger partial charge in [0.05, 0.1) is 11.0 Å². The lowest BCUT2D eigenvalue weighted by Crippen LogP contribution is -2.08. The van der Waals surface area contributed by atoms with E-state index in [1.807, 2.05) is 11.5 Å². The molecule has 0 bridgehead atoms. The first-order valence-corrected chi connectivity index (χ1v) is 7.28. The summed E-state index contributed by atoms with van der Waals surface area (Å²) < 4.78 is 28.8. The molecule has 1 unspecified atom stereocenters. The van der Waals surface area contributed by atoms with Crippen LogP contribution >= 0.6 is 24.0 Å². The Kier molecular flexibility index (Phi) is 4.07. The molecule has 0 aliphatic carbocycles. The number of nitrogens with zero attached hydrogens (tertiary/aromatic N) is 1. The van der Waals surface area contributed by atoms with Gasteiger partial charge in [0.2, 0.25) is 0 Å². The van der Waals surface area contributed by atoms with Gasteiger partial charge in [-0.05, 0) is 24.9 Å². The van der Waals surface area contributed by atoms with Crippen LogP contribution in [0.15, 0.2) is 12.1 Å². The Morgan fingerprint density at radius 3 is 2.72 bits per heavy atom. The van der Waals surface area contributed by atoms with E-state index in [-0.39, 0.29) is 6.04 Å². The minimum absolute atomic E-state index is 0.140. The largest absolute Gasteiger partial charge is 0.330 e. The van der Waals surface area contributed by atoms with Crippen LogP contribution in [-0.4, -0.2) is 21.1 Å². The lowest BCUT2D eigenvalue weighted by atomic mass is 10.2. The van der Waals surface area contributed by atoms with E-state index >= 15 is 0 Å². The summed E-state index contributed by atoms with van der Waals surface area (Å²) in [6.07, 6.45) is 0. The molecule has 98 valence electrons. The number of hydrogen-bond acceptors (Lipinski definition) is 2. The van der Waals surface area contributed by atoms with Gasteiger partial charge in [-0.25, -0.2) is 8.78 Å². The molecule has 2 rings (SSSR count). The van der Waals surface area contributed by atoms with E-state index in [9.17, 15) is 8.78 Å². The van der Waals surface area contributed by atoms with Gasteiger partial charge in [0.15, 0.2) is 16.4 Å². The number of H-pyrrole nitrogens is 1. The first-order chi connectivity index (χ1) is 8.54. The number of aromatic amines is 1. The van der Waals surface area contributed by atoms with Crippen LogP contribution in [0.25, 0.3) is 11.0 Å². The van der Waals surface area contributed by atoms with Gasteiger partial charge in [0, 0.05) is 23.9 Å². The Labute approximate surface area is 113 Å². The van der Waals surface area contributed by atoms with Crippen LogP contribution in [0.2, 0.25) is 0 Å². The van der Waals surface area contributed by atoms with Crippen LogP contribution in [-0.2, 0) is 0 Å². The van der Waals surface area contributed by atoms with Crippen molar-refractivity contribution in [2.75, 3.05) is 11.5 Å². The van der Waals surface area contributed by atoms with Crippen molar-refractivity contribution >= 4 is 35.0 Å². The maximum atomic E-state index is 13.3. The van der Waals surface area contributed by atoms with Crippen LogP contribution in [0.5, 0.6) is 0 Å². The third kappa shape index (κ3) is 2.44. The van der Waals surface area contributed by atoms with Crippen molar-refractivity contribution in [3.63, 3.8) is 0 Å². The fourth-order valence-corrected chi connectivity index (χ4v) is 3.04. The molecule has 1 heterocycles. The molecular weight excluding hydrogens is 274 g/mol. The number of rotatable bonds is 4. The van der Waals surface area contributed by atoms with Crippen molar-refractivity contribution in [3.05, 3.63) is 28.5 Å². The molecule has 0 amide bonds. The second-order valence-electron chi connectivity index (χ2n) is 4.09. The second kappa shape index (κ2) is 5.40. The predicted molar refractivity (Wildman–Crippen MR) is 74.7 cm³/mol. The molecule has 0 saturated carbocycles. The molecular formula is C12H14F2N2S2. The van der Waals surface area contributed by atoms with Gasteiger partial charge < -0.3 is 9.55 Å². The number of nitrogens with one attached hydrogen (secondary N) is 1. The smallest absolute Gasteiger partial charge is 0.178 e. The summed E-state index contributed by atoms with van der Waals surface area (Å²) >= 11 is 7.01. The van der Waals surface area contributed by atoms with Gasteiger partial charge >= 0.3 is 0 Å². The minimum atomic E-state index is -0.860. The van der Waals surface area contributed by atoms with Gasteiger partial charge in [0.1, 0.15) is 0 Å². The van der Waals surface area contributed by atoms with E-state index in [0.717, 1.165) is 17.6 Å². The SMILES string of the molecule is CCSCC(C)n1c(=S)[nH]c2cc(F)c(F)cc21. The van der Waals surface area contributed by atoms with Gasteiger partial charge in [-0.3, -0.25) is 0 Å². The lowest BCUT2D eigenvalue weighted by Gasteiger charge is -2.13. The van der Waals surface area contributed by atoms with Crippen molar-refractivity contribution in [3.8, 4) is 0 Å². The van der Waals surface area contributed by atoms with Gasteiger partial charge in [-0.2, -0.15) is 11.8 Å². The quantitative estimate of drug-likeness (QED) is 0.847. The summed E-state index contributed by atoms with van der Waals surface area (Å²) in [5.74, 6) is 0.196. The first-order valence-electron chi connectivity index (χ1n) is 5.71. The topological polar surface area (TPSA) is 20.7 Å². The van der Waals surface area contributed by atoms with Crippen molar-refractivity contribution in [1.29, 1.82) is 0 Å². The highest BCUT2D eigenvalue weighted by Gasteiger charge is 2.14. The van der Waals surface area contributed by atoms with Gasteiger partial charge in [0.25, 0.3) is 0 Å². The van der Waals surface area contributed by atoms with E-state index in [1.165, 1.54) is 6.07 Å². The standard InChI is InChI=1S/C12H14F2N2S2/c1-3-18-6-7(2)16-11-5-9(14)8(13)4-10(11)15-12(16)17/h4-5,7H,3,6H2,1-2H3,(H,15,17). The molecule has 2 aromatic rings. The van der Waals surface area contributed by atoms with Crippen molar-refractivity contribution < 1.29 is 8.78 Å². The van der Waals surface area contributed by atoms with Crippen molar-refractivity contribution in [2.24, 2.45) is 0 Å². The van der Waals surface area contributed by atoms with Crippen LogP contribution in [0.3, 0.4) is 0 Å². The molecule has 1 N–H and O–H groups in total. The van der Waals surface area contributed by atoms with Crippen molar-refractivity contribution in [1.82, 2.24) is 9.55 Å². The Bertz CT molecular complexity index is 618. The van der Waals surface area contributed by atoms with Gasteiger partial charge in [-0.15, -0.1) is 0 Å². The average Bonchev–Trinajstić information content (AvgIpc) is 2.62. The zero-order valence-electron chi connectivity index (χ0n) is 10.2. The summed E-state index contributed by atoms with van der Waals surface area (Å²) in [6.45, 7) is 4.11. The zero-order valence-corrected chi connectivity index (χ0v) is 11.8. The molecule has 0 aliphatic rings. The third-order valence-electron chi connectivity index (χ3n) is 2.76. The van der Waals surface area contributed by atoms with Crippen LogP contribution in [0, 0.1) is 16.4 Å². The summed E-state index contributed by atoms with van der Waals surface area (Å²) in [6, 6.07) is 2.49. The molecule has 18 heavy (non-hydrogen) atoms. The Morgan fingerprint density at radius 2 is 2.06 bits per heavy atom.